The molecule has 1 unspecified atom stereocenters. The Hall–Kier alpha value is -2.89. The molecule has 0 saturated heterocycles. The summed E-state index contributed by atoms with van der Waals surface area (Å²) in [7, 11) is -3.76. The second-order valence-corrected chi connectivity index (χ2v) is 10.0. The van der Waals surface area contributed by atoms with Crippen LogP contribution in [0.4, 0.5) is 26.3 Å². The SMILES string of the molecule is CS(=O)(=O)NC(COCc1cc(C(F)(F)F)cc(C(F)(F)F)c1)C(c1ccccc1)c1ccccc1. The predicted octanol–water partition coefficient (Wildman–Crippen LogP) is 5.99. The minimum absolute atomic E-state index is 0.0400. The summed E-state index contributed by atoms with van der Waals surface area (Å²) in [6, 6.07) is 18.1. The molecule has 0 radical (unpaired) electrons. The Labute approximate surface area is 205 Å². The van der Waals surface area contributed by atoms with E-state index in [2.05, 4.69) is 4.72 Å². The molecule has 0 bridgehead atoms. The van der Waals surface area contributed by atoms with Crippen molar-refractivity contribution in [2.45, 2.75) is 30.9 Å². The van der Waals surface area contributed by atoms with Crippen molar-refractivity contribution in [2.24, 2.45) is 0 Å². The lowest BCUT2D eigenvalue weighted by Crippen LogP contribution is -2.42. The van der Waals surface area contributed by atoms with Gasteiger partial charge in [0.05, 0.1) is 36.6 Å². The van der Waals surface area contributed by atoms with E-state index in [0.717, 1.165) is 17.4 Å². The van der Waals surface area contributed by atoms with Crippen LogP contribution >= 0.6 is 0 Å². The monoisotopic (exact) mass is 531 g/mol. The van der Waals surface area contributed by atoms with Crippen LogP contribution < -0.4 is 4.72 Å². The molecule has 194 valence electrons. The lowest BCUT2D eigenvalue weighted by Gasteiger charge is -2.28. The standard InChI is InChI=1S/C25H23F6NO3S/c1-36(33,34)32-22(23(18-8-4-2-5-9-18)19-10-6-3-7-11-19)16-35-15-17-12-20(24(26,27)28)14-21(13-17)25(29,30)31/h2-14,22-23,32H,15-16H2,1H3. The van der Waals surface area contributed by atoms with E-state index >= 15 is 0 Å². The zero-order chi connectivity index (χ0) is 26.6. The first-order valence-electron chi connectivity index (χ1n) is 10.7. The van der Waals surface area contributed by atoms with E-state index in [1.165, 1.54) is 0 Å². The highest BCUT2D eigenvalue weighted by Crippen LogP contribution is 2.36. The normalized spacial score (nSPS) is 13.7. The molecule has 3 aromatic rings. The van der Waals surface area contributed by atoms with E-state index in [0.29, 0.717) is 12.1 Å². The Morgan fingerprint density at radius 2 is 1.22 bits per heavy atom. The lowest BCUT2D eigenvalue weighted by molar-refractivity contribution is -0.143. The Morgan fingerprint density at radius 1 is 0.778 bits per heavy atom. The van der Waals surface area contributed by atoms with Crippen molar-refractivity contribution < 1.29 is 39.5 Å². The van der Waals surface area contributed by atoms with Crippen LogP contribution in [-0.4, -0.2) is 27.3 Å². The summed E-state index contributed by atoms with van der Waals surface area (Å²) < 4.78 is 111. The van der Waals surface area contributed by atoms with E-state index in [-0.39, 0.29) is 18.2 Å². The molecule has 1 atom stereocenters. The van der Waals surface area contributed by atoms with Gasteiger partial charge >= 0.3 is 12.4 Å². The lowest BCUT2D eigenvalue weighted by atomic mass is 9.86. The van der Waals surface area contributed by atoms with Crippen LogP contribution in [0.1, 0.15) is 33.7 Å². The van der Waals surface area contributed by atoms with E-state index in [1.807, 2.05) is 0 Å². The molecule has 1 N–H and O–H groups in total. The summed E-state index contributed by atoms with van der Waals surface area (Å²) in [6.07, 6.45) is -9.01. The molecule has 0 fully saturated rings. The summed E-state index contributed by atoms with van der Waals surface area (Å²) in [5.41, 5.74) is -1.76. The van der Waals surface area contributed by atoms with Gasteiger partial charge in [0.2, 0.25) is 10.0 Å². The van der Waals surface area contributed by atoms with Gasteiger partial charge in [0.1, 0.15) is 0 Å². The summed E-state index contributed by atoms with van der Waals surface area (Å²) in [4.78, 5) is 0. The van der Waals surface area contributed by atoms with Crippen LogP contribution in [0.15, 0.2) is 78.9 Å². The average Bonchev–Trinajstić information content (AvgIpc) is 2.78. The van der Waals surface area contributed by atoms with Crippen molar-refractivity contribution in [1.82, 2.24) is 4.72 Å². The molecule has 0 aromatic heterocycles. The van der Waals surface area contributed by atoms with Gasteiger partial charge in [-0.2, -0.15) is 26.3 Å². The molecule has 3 rings (SSSR count). The molecule has 36 heavy (non-hydrogen) atoms. The molecular formula is C25H23F6NO3S. The molecular weight excluding hydrogens is 508 g/mol. The third-order valence-electron chi connectivity index (χ3n) is 5.30. The first-order valence-corrected chi connectivity index (χ1v) is 12.6. The molecule has 0 amide bonds. The number of alkyl halides is 6. The van der Waals surface area contributed by atoms with Crippen molar-refractivity contribution in [1.29, 1.82) is 0 Å². The van der Waals surface area contributed by atoms with E-state index in [4.69, 9.17) is 4.74 Å². The number of sulfonamides is 1. The van der Waals surface area contributed by atoms with Crippen molar-refractivity contribution in [3.8, 4) is 0 Å². The zero-order valence-electron chi connectivity index (χ0n) is 19.0. The van der Waals surface area contributed by atoms with Gasteiger partial charge in [-0.1, -0.05) is 60.7 Å². The van der Waals surface area contributed by atoms with Gasteiger partial charge < -0.3 is 4.74 Å². The number of hydrogen-bond donors (Lipinski definition) is 1. The fraction of sp³-hybridized carbons (Fsp3) is 0.280. The minimum Gasteiger partial charge on any atom is -0.375 e. The van der Waals surface area contributed by atoms with Crippen LogP contribution in [0.2, 0.25) is 0 Å². The first-order chi connectivity index (χ1) is 16.7. The highest BCUT2D eigenvalue weighted by atomic mass is 32.2. The van der Waals surface area contributed by atoms with E-state index in [1.54, 1.807) is 60.7 Å². The third kappa shape index (κ3) is 7.81. The van der Waals surface area contributed by atoms with Crippen molar-refractivity contribution in [3.05, 3.63) is 107 Å². The Balaban J connectivity index is 1.92. The zero-order valence-corrected chi connectivity index (χ0v) is 19.8. The van der Waals surface area contributed by atoms with Crippen LogP contribution in [-0.2, 0) is 33.7 Å². The summed E-state index contributed by atoms with van der Waals surface area (Å²) in [6.45, 7) is -0.912. The minimum atomic E-state index is -4.98. The van der Waals surface area contributed by atoms with Crippen molar-refractivity contribution in [3.63, 3.8) is 0 Å². The Morgan fingerprint density at radius 3 is 1.61 bits per heavy atom. The van der Waals surface area contributed by atoms with Crippen LogP contribution in [0, 0.1) is 0 Å². The van der Waals surface area contributed by atoms with E-state index in [9.17, 15) is 34.8 Å². The number of benzene rings is 3. The van der Waals surface area contributed by atoms with Crippen LogP contribution in [0.3, 0.4) is 0 Å². The van der Waals surface area contributed by atoms with Crippen molar-refractivity contribution in [2.75, 3.05) is 12.9 Å². The summed E-state index contributed by atoms with van der Waals surface area (Å²) in [5.74, 6) is -0.547. The summed E-state index contributed by atoms with van der Waals surface area (Å²) in [5, 5.41) is 0. The molecule has 0 aliphatic rings. The Bertz CT molecular complexity index is 1170. The third-order valence-corrected chi connectivity index (χ3v) is 6.03. The first kappa shape index (κ1) is 27.7. The molecule has 11 heteroatoms. The topological polar surface area (TPSA) is 55.4 Å². The quantitative estimate of drug-likeness (QED) is 0.345. The maximum absolute atomic E-state index is 13.2. The van der Waals surface area contributed by atoms with Gasteiger partial charge in [0.25, 0.3) is 0 Å². The van der Waals surface area contributed by atoms with Gasteiger partial charge in [-0.05, 0) is 34.9 Å². The van der Waals surface area contributed by atoms with Gasteiger partial charge in [0.15, 0.2) is 0 Å². The fourth-order valence-electron chi connectivity index (χ4n) is 3.86. The molecule has 0 aliphatic carbocycles. The second-order valence-electron chi connectivity index (χ2n) is 8.22. The van der Waals surface area contributed by atoms with Crippen molar-refractivity contribution >= 4 is 10.0 Å². The molecule has 0 aliphatic heterocycles. The summed E-state index contributed by atoms with van der Waals surface area (Å²) >= 11 is 0. The number of ether oxygens (including phenoxy) is 1. The Kier molecular flexibility index (Phi) is 8.48. The maximum atomic E-state index is 13.2. The van der Waals surface area contributed by atoms with Gasteiger partial charge in [0, 0.05) is 5.92 Å². The van der Waals surface area contributed by atoms with Gasteiger partial charge in [-0.25, -0.2) is 13.1 Å². The van der Waals surface area contributed by atoms with E-state index < -0.39 is 52.1 Å². The molecule has 0 spiro atoms. The highest BCUT2D eigenvalue weighted by Gasteiger charge is 2.37. The highest BCUT2D eigenvalue weighted by molar-refractivity contribution is 7.88. The number of rotatable bonds is 9. The molecule has 0 saturated carbocycles. The number of halogens is 6. The van der Waals surface area contributed by atoms with Gasteiger partial charge in [-0.3, -0.25) is 0 Å². The van der Waals surface area contributed by atoms with Crippen LogP contribution in [0.5, 0.6) is 0 Å². The van der Waals surface area contributed by atoms with Gasteiger partial charge in [-0.15, -0.1) is 0 Å². The predicted molar refractivity (Wildman–Crippen MR) is 123 cm³/mol. The second kappa shape index (κ2) is 11.0. The molecule has 3 aromatic carbocycles. The molecule has 4 nitrogen and oxygen atoms in total. The van der Waals surface area contributed by atoms with Crippen LogP contribution in [0.25, 0.3) is 0 Å². The number of hydrogen-bond acceptors (Lipinski definition) is 3. The maximum Gasteiger partial charge on any atom is 0.416 e. The number of nitrogens with one attached hydrogen (secondary N) is 1. The fourth-order valence-corrected chi connectivity index (χ4v) is 4.61. The largest absolute Gasteiger partial charge is 0.416 e. The smallest absolute Gasteiger partial charge is 0.375 e. The average molecular weight is 532 g/mol. The molecule has 0 heterocycles.